The molecule has 0 aliphatic carbocycles. The molecule has 94 valence electrons. The maximum Gasteiger partial charge on any atom is 0.348 e. The van der Waals surface area contributed by atoms with E-state index < -0.39 is 16.9 Å². The fourth-order valence-corrected chi connectivity index (χ4v) is 1.26. The Morgan fingerprint density at radius 2 is 1.89 bits per heavy atom. The van der Waals surface area contributed by atoms with Gasteiger partial charge in [-0.2, -0.15) is 0 Å². The molecule has 1 amide bonds. The van der Waals surface area contributed by atoms with E-state index in [0.29, 0.717) is 0 Å². The Morgan fingerprint density at radius 3 is 2.44 bits per heavy atom. The molecule has 5 nitrogen and oxygen atoms in total. The largest absolute Gasteiger partial charge is 0.477 e. The Hall–Kier alpha value is -1.85. The maximum atomic E-state index is 11.1. The summed E-state index contributed by atoms with van der Waals surface area (Å²) >= 11 is 11.0. The molecular formula is C11H8Cl2N2O3. The zero-order valence-corrected chi connectivity index (χ0v) is 10.4. The van der Waals surface area contributed by atoms with Gasteiger partial charge in [0, 0.05) is 6.21 Å². The van der Waals surface area contributed by atoms with Gasteiger partial charge in [-0.3, -0.25) is 9.79 Å². The number of nitrogens with two attached hydrogens (primary N) is 1. The first-order valence-corrected chi connectivity index (χ1v) is 5.40. The molecular weight excluding hydrogens is 279 g/mol. The highest BCUT2D eigenvalue weighted by atomic mass is 35.5. The van der Waals surface area contributed by atoms with Crippen LogP contribution in [0.3, 0.4) is 0 Å². The Bertz CT molecular complexity index is 553. The molecule has 0 bridgehead atoms. The predicted octanol–water partition coefficient (Wildman–Crippen LogP) is 2.26. The second kappa shape index (κ2) is 6.18. The van der Waals surface area contributed by atoms with Gasteiger partial charge in [-0.1, -0.05) is 35.3 Å². The molecule has 0 atom stereocenters. The standard InChI is InChI=1S/C11H8Cl2N2O3/c12-7(9(13)11(17)18)5-15-8-4-2-1-3-6(8)10(14)16/h1-5H,(H2,14,16)(H,17,18). The minimum Gasteiger partial charge on any atom is -0.477 e. The summed E-state index contributed by atoms with van der Waals surface area (Å²) in [6.07, 6.45) is 1.04. The predicted molar refractivity (Wildman–Crippen MR) is 69.5 cm³/mol. The molecule has 0 saturated carbocycles. The van der Waals surface area contributed by atoms with Crippen molar-refractivity contribution in [1.82, 2.24) is 0 Å². The number of primary amides is 1. The molecule has 0 aromatic heterocycles. The van der Waals surface area contributed by atoms with Crippen LogP contribution in [0.15, 0.2) is 39.3 Å². The van der Waals surface area contributed by atoms with Crippen LogP contribution in [-0.2, 0) is 4.79 Å². The second-order valence-corrected chi connectivity index (χ2v) is 3.89. The molecule has 1 rings (SSSR count). The van der Waals surface area contributed by atoms with E-state index in [0.717, 1.165) is 6.21 Å². The summed E-state index contributed by atoms with van der Waals surface area (Å²) in [5, 5.41) is 7.78. The SMILES string of the molecule is NC(=O)c1ccccc1N=CC(Cl)=C(Cl)C(=O)O. The van der Waals surface area contributed by atoms with Crippen LogP contribution in [0.5, 0.6) is 0 Å². The summed E-state index contributed by atoms with van der Waals surface area (Å²) in [7, 11) is 0. The van der Waals surface area contributed by atoms with Crippen LogP contribution in [0.1, 0.15) is 10.4 Å². The summed E-state index contributed by atoms with van der Waals surface area (Å²) in [5.74, 6) is -2.01. The first-order chi connectivity index (χ1) is 8.43. The van der Waals surface area contributed by atoms with Crippen LogP contribution in [-0.4, -0.2) is 23.2 Å². The highest BCUT2D eigenvalue weighted by molar-refractivity contribution is 6.51. The van der Waals surface area contributed by atoms with Gasteiger partial charge in [-0.25, -0.2) is 4.79 Å². The number of halogens is 2. The number of hydrogen-bond acceptors (Lipinski definition) is 3. The zero-order chi connectivity index (χ0) is 13.7. The fraction of sp³-hybridized carbons (Fsp3) is 0. The number of carbonyl (C=O) groups excluding carboxylic acids is 1. The molecule has 0 heterocycles. The van der Waals surface area contributed by atoms with E-state index in [-0.39, 0.29) is 16.3 Å². The first-order valence-electron chi connectivity index (χ1n) is 4.65. The van der Waals surface area contributed by atoms with Gasteiger partial charge < -0.3 is 10.8 Å². The monoisotopic (exact) mass is 286 g/mol. The second-order valence-electron chi connectivity index (χ2n) is 3.11. The lowest BCUT2D eigenvalue weighted by atomic mass is 10.2. The van der Waals surface area contributed by atoms with Gasteiger partial charge in [0.05, 0.1) is 16.3 Å². The van der Waals surface area contributed by atoms with Crippen molar-refractivity contribution in [3.63, 3.8) is 0 Å². The molecule has 1 aromatic carbocycles. The van der Waals surface area contributed by atoms with Crippen LogP contribution in [0, 0.1) is 0 Å². The highest BCUT2D eigenvalue weighted by Crippen LogP contribution is 2.19. The number of rotatable bonds is 4. The molecule has 0 aliphatic rings. The third kappa shape index (κ3) is 3.58. The van der Waals surface area contributed by atoms with Crippen molar-refractivity contribution in [2.75, 3.05) is 0 Å². The Labute approximate surface area is 113 Å². The molecule has 0 spiro atoms. The molecule has 0 fully saturated rings. The summed E-state index contributed by atoms with van der Waals surface area (Å²) in [6.45, 7) is 0. The van der Waals surface area contributed by atoms with Crippen molar-refractivity contribution in [2.24, 2.45) is 10.7 Å². The number of nitrogens with zero attached hydrogens (tertiary/aromatic N) is 1. The number of allylic oxidation sites excluding steroid dienone is 1. The van der Waals surface area contributed by atoms with E-state index in [9.17, 15) is 9.59 Å². The van der Waals surface area contributed by atoms with Gasteiger partial charge in [0.2, 0.25) is 0 Å². The lowest BCUT2D eigenvalue weighted by Gasteiger charge is -2.00. The smallest absolute Gasteiger partial charge is 0.348 e. The Balaban J connectivity index is 3.09. The van der Waals surface area contributed by atoms with E-state index in [1.165, 1.54) is 12.1 Å². The number of carboxylic acid groups (broad SMARTS) is 1. The van der Waals surface area contributed by atoms with Crippen LogP contribution < -0.4 is 5.73 Å². The Morgan fingerprint density at radius 1 is 1.28 bits per heavy atom. The number of aliphatic imine (C=N–C) groups is 1. The Kier molecular flexibility index (Phi) is 4.88. The average Bonchev–Trinajstić information content (AvgIpc) is 2.35. The maximum absolute atomic E-state index is 11.1. The number of carbonyl (C=O) groups is 2. The molecule has 0 radical (unpaired) electrons. The van der Waals surface area contributed by atoms with E-state index in [4.69, 9.17) is 34.0 Å². The van der Waals surface area contributed by atoms with Crippen molar-refractivity contribution in [3.8, 4) is 0 Å². The lowest BCUT2D eigenvalue weighted by molar-refractivity contribution is -0.131. The molecule has 18 heavy (non-hydrogen) atoms. The number of aliphatic carboxylic acids is 1. The van der Waals surface area contributed by atoms with Crippen molar-refractivity contribution in [3.05, 3.63) is 39.9 Å². The summed E-state index contributed by atoms with van der Waals surface area (Å²) in [6, 6.07) is 6.30. The number of benzene rings is 1. The van der Waals surface area contributed by atoms with Crippen molar-refractivity contribution >= 4 is 47.0 Å². The van der Waals surface area contributed by atoms with E-state index in [2.05, 4.69) is 4.99 Å². The van der Waals surface area contributed by atoms with Crippen molar-refractivity contribution in [1.29, 1.82) is 0 Å². The quantitative estimate of drug-likeness (QED) is 0.657. The van der Waals surface area contributed by atoms with Crippen LogP contribution in [0.4, 0.5) is 5.69 Å². The number of para-hydroxylation sites is 1. The van der Waals surface area contributed by atoms with Crippen molar-refractivity contribution < 1.29 is 14.7 Å². The molecule has 1 aromatic rings. The van der Waals surface area contributed by atoms with Gasteiger partial charge in [-0.15, -0.1) is 0 Å². The van der Waals surface area contributed by atoms with Gasteiger partial charge in [0.25, 0.3) is 5.91 Å². The third-order valence-corrected chi connectivity index (χ3v) is 2.63. The normalized spacial score (nSPS) is 12.3. The van der Waals surface area contributed by atoms with Crippen LogP contribution in [0.25, 0.3) is 0 Å². The average molecular weight is 287 g/mol. The molecule has 0 saturated heterocycles. The van der Waals surface area contributed by atoms with E-state index in [1.54, 1.807) is 12.1 Å². The molecule has 7 heteroatoms. The van der Waals surface area contributed by atoms with E-state index in [1.807, 2.05) is 0 Å². The van der Waals surface area contributed by atoms with Gasteiger partial charge >= 0.3 is 5.97 Å². The minimum absolute atomic E-state index is 0.199. The van der Waals surface area contributed by atoms with Gasteiger partial charge in [0.1, 0.15) is 5.03 Å². The van der Waals surface area contributed by atoms with Crippen LogP contribution >= 0.6 is 23.2 Å². The molecule has 0 aliphatic heterocycles. The van der Waals surface area contributed by atoms with Gasteiger partial charge in [-0.05, 0) is 12.1 Å². The molecule has 0 unspecified atom stereocenters. The fourth-order valence-electron chi connectivity index (χ4n) is 1.08. The van der Waals surface area contributed by atoms with E-state index >= 15 is 0 Å². The van der Waals surface area contributed by atoms with Gasteiger partial charge in [0.15, 0.2) is 0 Å². The van der Waals surface area contributed by atoms with Crippen molar-refractivity contribution in [2.45, 2.75) is 0 Å². The zero-order valence-electron chi connectivity index (χ0n) is 8.93. The topological polar surface area (TPSA) is 92.8 Å². The summed E-state index contributed by atoms with van der Waals surface area (Å²) < 4.78 is 0. The summed E-state index contributed by atoms with van der Waals surface area (Å²) in [4.78, 5) is 25.5. The number of hydrogen-bond donors (Lipinski definition) is 2. The van der Waals surface area contributed by atoms with Crippen LogP contribution in [0.2, 0.25) is 0 Å². The number of amides is 1. The minimum atomic E-state index is -1.36. The number of carboxylic acids is 1. The summed E-state index contributed by atoms with van der Waals surface area (Å²) in [5.41, 5.74) is 5.63. The highest BCUT2D eigenvalue weighted by Gasteiger charge is 2.09. The lowest BCUT2D eigenvalue weighted by Crippen LogP contribution is -2.10. The first kappa shape index (κ1) is 14.2. The molecule has 3 N–H and O–H groups in total. The third-order valence-electron chi connectivity index (χ3n) is 1.88.